The summed E-state index contributed by atoms with van der Waals surface area (Å²) in [5.74, 6) is -0.0144. The van der Waals surface area contributed by atoms with Crippen LogP contribution in [0.5, 0.6) is 0 Å². The van der Waals surface area contributed by atoms with E-state index in [-0.39, 0.29) is 17.7 Å². The van der Waals surface area contributed by atoms with Crippen LogP contribution in [0.4, 0.5) is 0 Å². The Balaban J connectivity index is 1.88. The summed E-state index contributed by atoms with van der Waals surface area (Å²) in [6.07, 6.45) is 3.56. The normalized spacial score (nSPS) is 23.9. The lowest BCUT2D eigenvalue weighted by molar-refractivity contribution is -0.130. The van der Waals surface area contributed by atoms with E-state index in [2.05, 4.69) is 4.98 Å². The molecule has 1 spiro atoms. The zero-order chi connectivity index (χ0) is 18.0. The molecule has 0 N–H and O–H groups in total. The third-order valence-corrected chi connectivity index (χ3v) is 5.12. The molecule has 7 heteroatoms. The van der Waals surface area contributed by atoms with Crippen LogP contribution in [0.3, 0.4) is 0 Å². The van der Waals surface area contributed by atoms with Crippen LogP contribution >= 0.6 is 0 Å². The van der Waals surface area contributed by atoms with Crippen molar-refractivity contribution < 1.29 is 14.4 Å². The SMILES string of the molecule is CCN1C[C@]2(CC1=O)CN(C(C)=O)CCN(C(=O)c1cccnc1)C2. The molecule has 0 bridgehead atoms. The molecular weight excluding hydrogens is 320 g/mol. The van der Waals surface area contributed by atoms with Gasteiger partial charge in [-0.3, -0.25) is 19.4 Å². The first kappa shape index (κ1) is 17.4. The Labute approximate surface area is 147 Å². The summed E-state index contributed by atoms with van der Waals surface area (Å²) in [6, 6.07) is 3.48. The monoisotopic (exact) mass is 344 g/mol. The molecule has 2 aliphatic heterocycles. The fourth-order valence-corrected chi connectivity index (χ4v) is 3.85. The van der Waals surface area contributed by atoms with E-state index in [1.165, 1.54) is 0 Å². The lowest BCUT2D eigenvalue weighted by Crippen LogP contribution is -2.45. The number of pyridine rings is 1. The van der Waals surface area contributed by atoms with Crippen molar-refractivity contribution in [3.63, 3.8) is 0 Å². The van der Waals surface area contributed by atoms with Crippen LogP contribution in [0.2, 0.25) is 0 Å². The molecule has 3 rings (SSSR count). The van der Waals surface area contributed by atoms with Crippen LogP contribution in [-0.2, 0) is 9.59 Å². The number of hydrogen-bond donors (Lipinski definition) is 0. The van der Waals surface area contributed by atoms with Crippen LogP contribution in [0, 0.1) is 5.41 Å². The number of carbonyl (C=O) groups excluding carboxylic acids is 3. The highest BCUT2D eigenvalue weighted by molar-refractivity contribution is 5.94. The van der Waals surface area contributed by atoms with Crippen molar-refractivity contribution in [2.45, 2.75) is 20.3 Å². The molecule has 2 aliphatic rings. The molecule has 0 aliphatic carbocycles. The molecule has 25 heavy (non-hydrogen) atoms. The zero-order valence-electron chi connectivity index (χ0n) is 14.8. The fraction of sp³-hybridized carbons (Fsp3) is 0.556. The number of amides is 3. The van der Waals surface area contributed by atoms with Gasteiger partial charge in [0.05, 0.1) is 5.56 Å². The van der Waals surface area contributed by atoms with E-state index in [0.29, 0.717) is 51.3 Å². The Bertz CT molecular complexity index is 678. The van der Waals surface area contributed by atoms with Crippen LogP contribution in [0.25, 0.3) is 0 Å². The molecular formula is C18H24N4O3. The zero-order valence-corrected chi connectivity index (χ0v) is 14.8. The van der Waals surface area contributed by atoms with E-state index in [0.717, 1.165) is 0 Å². The maximum Gasteiger partial charge on any atom is 0.255 e. The topological polar surface area (TPSA) is 73.8 Å². The van der Waals surface area contributed by atoms with E-state index < -0.39 is 5.41 Å². The first-order valence-electron chi connectivity index (χ1n) is 8.67. The highest BCUT2D eigenvalue weighted by Gasteiger charge is 2.47. The third kappa shape index (κ3) is 3.50. The van der Waals surface area contributed by atoms with Crippen molar-refractivity contribution in [2.24, 2.45) is 5.41 Å². The lowest BCUT2D eigenvalue weighted by atomic mass is 9.85. The molecule has 2 fully saturated rings. The van der Waals surface area contributed by atoms with Crippen molar-refractivity contribution in [3.05, 3.63) is 30.1 Å². The van der Waals surface area contributed by atoms with Crippen LogP contribution in [0.1, 0.15) is 30.6 Å². The maximum atomic E-state index is 12.9. The van der Waals surface area contributed by atoms with Crippen molar-refractivity contribution in [1.82, 2.24) is 19.7 Å². The molecule has 3 amide bonds. The summed E-state index contributed by atoms with van der Waals surface area (Å²) < 4.78 is 0. The standard InChI is InChI=1S/C18H24N4O3/c1-3-20-11-18(9-16(20)24)12-21(14(2)23)7-8-22(13-18)17(25)15-5-4-6-19-10-15/h4-6,10H,3,7-9,11-13H2,1-2H3/t18-/m1/s1. The maximum absolute atomic E-state index is 12.9. The summed E-state index contributed by atoms with van der Waals surface area (Å²) in [5, 5.41) is 0. The van der Waals surface area contributed by atoms with Crippen molar-refractivity contribution in [2.75, 3.05) is 39.3 Å². The van der Waals surface area contributed by atoms with Gasteiger partial charge >= 0.3 is 0 Å². The summed E-state index contributed by atoms with van der Waals surface area (Å²) in [5.41, 5.74) is 0.137. The Morgan fingerprint density at radius 2 is 1.92 bits per heavy atom. The summed E-state index contributed by atoms with van der Waals surface area (Å²) >= 11 is 0. The lowest BCUT2D eigenvalue weighted by Gasteiger charge is -2.33. The number of hydrogen-bond acceptors (Lipinski definition) is 4. The van der Waals surface area contributed by atoms with Gasteiger partial charge in [0.25, 0.3) is 5.91 Å². The molecule has 134 valence electrons. The average Bonchev–Trinajstić information content (AvgIpc) is 2.80. The Morgan fingerprint density at radius 3 is 2.52 bits per heavy atom. The van der Waals surface area contributed by atoms with Crippen molar-refractivity contribution in [3.8, 4) is 0 Å². The third-order valence-electron chi connectivity index (χ3n) is 5.12. The van der Waals surface area contributed by atoms with E-state index in [1.807, 2.05) is 11.8 Å². The van der Waals surface area contributed by atoms with Gasteiger partial charge in [-0.15, -0.1) is 0 Å². The van der Waals surface area contributed by atoms with E-state index in [9.17, 15) is 14.4 Å². The van der Waals surface area contributed by atoms with Gasteiger partial charge in [-0.25, -0.2) is 0 Å². The molecule has 7 nitrogen and oxygen atoms in total. The fourth-order valence-electron chi connectivity index (χ4n) is 3.85. The molecule has 0 radical (unpaired) electrons. The first-order chi connectivity index (χ1) is 11.9. The van der Waals surface area contributed by atoms with Gasteiger partial charge in [-0.1, -0.05) is 0 Å². The number of aromatic nitrogens is 1. The quantitative estimate of drug-likeness (QED) is 0.788. The van der Waals surface area contributed by atoms with E-state index in [1.54, 1.807) is 41.2 Å². The number of likely N-dealkylation sites (tertiary alicyclic amines) is 1. The highest BCUT2D eigenvalue weighted by atomic mass is 16.2. The predicted octanol–water partition coefficient (Wildman–Crippen LogP) is 0.625. The molecule has 1 aromatic heterocycles. The molecule has 3 heterocycles. The number of nitrogens with zero attached hydrogens (tertiary/aromatic N) is 4. The number of carbonyl (C=O) groups is 3. The van der Waals surface area contributed by atoms with Crippen LogP contribution in [-0.4, -0.2) is 76.7 Å². The smallest absolute Gasteiger partial charge is 0.255 e. The molecule has 1 aromatic rings. The minimum absolute atomic E-state index is 0.0163. The molecule has 0 unspecified atom stereocenters. The molecule has 2 saturated heterocycles. The Kier molecular flexibility index (Phi) is 4.74. The largest absolute Gasteiger partial charge is 0.342 e. The van der Waals surface area contributed by atoms with Gasteiger partial charge in [0.15, 0.2) is 0 Å². The minimum atomic E-state index is -0.396. The second-order valence-electron chi connectivity index (χ2n) is 6.99. The Morgan fingerprint density at radius 1 is 1.20 bits per heavy atom. The highest BCUT2D eigenvalue weighted by Crippen LogP contribution is 2.35. The second-order valence-corrected chi connectivity index (χ2v) is 6.99. The van der Waals surface area contributed by atoms with Crippen LogP contribution in [0.15, 0.2) is 24.5 Å². The average molecular weight is 344 g/mol. The van der Waals surface area contributed by atoms with E-state index >= 15 is 0 Å². The van der Waals surface area contributed by atoms with Gasteiger partial charge in [-0.05, 0) is 19.1 Å². The van der Waals surface area contributed by atoms with Gasteiger partial charge in [-0.2, -0.15) is 0 Å². The minimum Gasteiger partial charge on any atom is -0.342 e. The van der Waals surface area contributed by atoms with Crippen molar-refractivity contribution in [1.29, 1.82) is 0 Å². The molecule has 1 atom stereocenters. The summed E-state index contributed by atoms with van der Waals surface area (Å²) in [7, 11) is 0. The van der Waals surface area contributed by atoms with Gasteiger partial charge < -0.3 is 14.7 Å². The Hall–Kier alpha value is -2.44. The van der Waals surface area contributed by atoms with E-state index in [4.69, 9.17) is 0 Å². The van der Waals surface area contributed by atoms with Gasteiger partial charge in [0.2, 0.25) is 11.8 Å². The summed E-state index contributed by atoms with van der Waals surface area (Å²) in [6.45, 7) is 6.68. The van der Waals surface area contributed by atoms with Gasteiger partial charge in [0.1, 0.15) is 0 Å². The first-order valence-corrected chi connectivity index (χ1v) is 8.67. The molecule has 0 saturated carbocycles. The summed E-state index contributed by atoms with van der Waals surface area (Å²) in [4.78, 5) is 46.6. The number of rotatable bonds is 2. The second kappa shape index (κ2) is 6.82. The van der Waals surface area contributed by atoms with Crippen LogP contribution < -0.4 is 0 Å². The van der Waals surface area contributed by atoms with Crippen molar-refractivity contribution >= 4 is 17.7 Å². The molecule has 0 aromatic carbocycles. The predicted molar refractivity (Wildman–Crippen MR) is 91.7 cm³/mol. The van der Waals surface area contributed by atoms with Gasteiger partial charge in [0, 0.05) is 70.4 Å².